The molecule has 1 aromatic rings. The van der Waals surface area contributed by atoms with Gasteiger partial charge in [0.15, 0.2) is 0 Å². The van der Waals surface area contributed by atoms with E-state index in [9.17, 15) is 13.2 Å². The number of benzene rings is 1. The number of likely N-dealkylation sites (N-methyl/N-ethyl adjacent to an activating group) is 1. The van der Waals surface area contributed by atoms with Gasteiger partial charge in [0.05, 0.1) is 18.0 Å². The molecule has 12 nitrogen and oxygen atoms in total. The van der Waals surface area contributed by atoms with Gasteiger partial charge < -0.3 is 25.7 Å². The first-order valence-corrected chi connectivity index (χ1v) is 10.1. The second-order valence-electron chi connectivity index (χ2n) is 6.01. The Morgan fingerprint density at radius 3 is 2.10 bits per heavy atom. The highest BCUT2D eigenvalue weighted by atomic mass is 32.2. The Hall–Kier alpha value is -3.63. The first-order chi connectivity index (χ1) is 14.4. The molecule has 0 spiro atoms. The van der Waals surface area contributed by atoms with Crippen molar-refractivity contribution in [3.05, 3.63) is 24.3 Å². The summed E-state index contributed by atoms with van der Waals surface area (Å²) in [5.74, 6) is -1.42. The average Bonchev–Trinajstić information content (AvgIpc) is 2.65. The third-order valence-electron chi connectivity index (χ3n) is 3.07. The third kappa shape index (κ3) is 12.5. The number of aliphatic carboxylic acids is 2. The minimum atomic E-state index is -3.82. The summed E-state index contributed by atoms with van der Waals surface area (Å²) in [6, 6.07) is 5.81. The number of aliphatic imine (C=N–C) groups is 1. The summed E-state index contributed by atoms with van der Waals surface area (Å²) < 4.78 is 27.3. The minimum absolute atomic E-state index is 0.0458. The van der Waals surface area contributed by atoms with E-state index in [4.69, 9.17) is 26.2 Å². The van der Waals surface area contributed by atoms with E-state index in [2.05, 4.69) is 26.3 Å². The number of terminal acetylenes is 1. The summed E-state index contributed by atoms with van der Waals surface area (Å²) in [6.07, 6.45) is 5.20. The number of guanidine groups is 1. The molecular weight excluding hydrogens is 430 g/mol. The fourth-order valence-electron chi connectivity index (χ4n) is 1.73. The summed E-state index contributed by atoms with van der Waals surface area (Å²) in [6.45, 7) is 2.59. The molecule has 0 unspecified atom stereocenters. The van der Waals surface area contributed by atoms with Crippen LogP contribution in [0.3, 0.4) is 0 Å². The molecule has 0 saturated carbocycles. The number of rotatable bonds is 7. The Morgan fingerprint density at radius 1 is 1.13 bits per heavy atom. The summed E-state index contributed by atoms with van der Waals surface area (Å²) in [5, 5.41) is 20.1. The van der Waals surface area contributed by atoms with Crippen LogP contribution in [0.5, 0.6) is 0 Å². The standard InChI is InChI=1S/C16H23N5O3S.C2H2O4/c1-5-10-17-16(18-11-12-21(3)4)20-25(23,24)15-8-6-14(7-9-15)19-13(2)22;3-1(4)2(5)6/h1,6-9H,10-12H2,2-4H3,(H,19,22)(H2,17,18,20);(H,3,4)(H,5,6). The Morgan fingerprint density at radius 2 is 1.68 bits per heavy atom. The molecule has 0 aliphatic carbocycles. The lowest BCUT2D eigenvalue weighted by molar-refractivity contribution is -0.159. The molecule has 170 valence electrons. The van der Waals surface area contributed by atoms with E-state index in [0.717, 1.165) is 0 Å². The largest absolute Gasteiger partial charge is 0.473 e. The van der Waals surface area contributed by atoms with Gasteiger partial charge in [0, 0.05) is 19.2 Å². The first-order valence-electron chi connectivity index (χ1n) is 8.62. The number of nitrogens with one attached hydrogen (secondary N) is 3. The highest BCUT2D eigenvalue weighted by molar-refractivity contribution is 7.90. The van der Waals surface area contributed by atoms with Crippen molar-refractivity contribution in [2.45, 2.75) is 11.8 Å². The molecule has 1 aromatic carbocycles. The maximum absolute atomic E-state index is 12.5. The van der Waals surface area contributed by atoms with Gasteiger partial charge >= 0.3 is 11.9 Å². The van der Waals surface area contributed by atoms with Gasteiger partial charge in [-0.2, -0.15) is 0 Å². The maximum atomic E-state index is 12.5. The van der Waals surface area contributed by atoms with E-state index < -0.39 is 22.0 Å². The summed E-state index contributed by atoms with van der Waals surface area (Å²) in [5.41, 5.74) is 0.511. The average molecular weight is 455 g/mol. The molecule has 0 heterocycles. The molecule has 5 N–H and O–H groups in total. The maximum Gasteiger partial charge on any atom is 0.414 e. The van der Waals surface area contributed by atoms with E-state index in [1.54, 1.807) is 0 Å². The molecule has 0 aliphatic rings. The zero-order chi connectivity index (χ0) is 24.0. The molecule has 1 rings (SSSR count). The van der Waals surface area contributed by atoms with Crippen LogP contribution in [0.4, 0.5) is 5.69 Å². The van der Waals surface area contributed by atoms with Crippen molar-refractivity contribution in [3.8, 4) is 12.3 Å². The van der Waals surface area contributed by atoms with Crippen LogP contribution < -0.4 is 15.4 Å². The van der Waals surface area contributed by atoms with Gasteiger partial charge in [-0.05, 0) is 38.4 Å². The van der Waals surface area contributed by atoms with Crippen LogP contribution in [0.1, 0.15) is 6.92 Å². The molecule has 1 amide bonds. The Labute approximate surface area is 180 Å². The monoisotopic (exact) mass is 455 g/mol. The number of carbonyl (C=O) groups excluding carboxylic acids is 1. The predicted octanol–water partition coefficient (Wildman–Crippen LogP) is -0.781. The van der Waals surface area contributed by atoms with Crippen LogP contribution in [0.15, 0.2) is 34.2 Å². The normalized spacial score (nSPS) is 10.9. The zero-order valence-corrected chi connectivity index (χ0v) is 18.1. The number of hydrogen-bond acceptors (Lipinski definition) is 7. The third-order valence-corrected chi connectivity index (χ3v) is 4.43. The van der Waals surface area contributed by atoms with Crippen LogP contribution in [-0.2, 0) is 24.4 Å². The van der Waals surface area contributed by atoms with E-state index in [1.807, 2.05) is 19.0 Å². The van der Waals surface area contributed by atoms with Crippen LogP contribution in [0.25, 0.3) is 0 Å². The van der Waals surface area contributed by atoms with E-state index in [1.165, 1.54) is 31.2 Å². The number of sulfonamides is 1. The SMILES string of the molecule is C#CCNC(=NCCN(C)C)NS(=O)(=O)c1ccc(NC(C)=O)cc1.O=C(O)C(=O)O. The quantitative estimate of drug-likeness (QED) is 0.153. The molecule has 0 fully saturated rings. The highest BCUT2D eigenvalue weighted by Crippen LogP contribution is 2.13. The van der Waals surface area contributed by atoms with Gasteiger partial charge in [0.2, 0.25) is 11.9 Å². The fraction of sp³-hybridized carbons (Fsp3) is 0.333. The molecule has 0 aliphatic heterocycles. The summed E-state index contributed by atoms with van der Waals surface area (Å²) >= 11 is 0. The van der Waals surface area contributed by atoms with Crippen molar-refractivity contribution in [1.29, 1.82) is 0 Å². The van der Waals surface area contributed by atoms with E-state index in [0.29, 0.717) is 18.8 Å². The van der Waals surface area contributed by atoms with Crippen molar-refractivity contribution < 1.29 is 33.0 Å². The molecule has 0 saturated heterocycles. The molecule has 0 bridgehead atoms. The van der Waals surface area contributed by atoms with Crippen LogP contribution in [0.2, 0.25) is 0 Å². The lowest BCUT2D eigenvalue weighted by Gasteiger charge is -2.13. The van der Waals surface area contributed by atoms with Crippen molar-refractivity contribution in [2.75, 3.05) is 39.0 Å². The second kappa shape index (κ2) is 13.6. The number of carboxylic acids is 2. The Balaban J connectivity index is 0.00000131. The van der Waals surface area contributed by atoms with Crippen molar-refractivity contribution >= 4 is 39.5 Å². The molecular formula is C18H25N5O7S. The lowest BCUT2D eigenvalue weighted by atomic mass is 10.3. The van der Waals surface area contributed by atoms with Crippen LogP contribution in [-0.4, -0.2) is 81.1 Å². The number of hydrogen-bond donors (Lipinski definition) is 5. The van der Waals surface area contributed by atoms with E-state index in [-0.39, 0.29) is 23.3 Å². The van der Waals surface area contributed by atoms with Gasteiger partial charge in [-0.1, -0.05) is 5.92 Å². The number of carboxylic acid groups (broad SMARTS) is 2. The van der Waals surface area contributed by atoms with Gasteiger partial charge in [0.1, 0.15) is 0 Å². The lowest BCUT2D eigenvalue weighted by Crippen LogP contribution is -2.41. The molecule has 0 aromatic heterocycles. The second-order valence-corrected chi connectivity index (χ2v) is 7.70. The van der Waals surface area contributed by atoms with Gasteiger partial charge in [-0.15, -0.1) is 6.42 Å². The number of nitrogens with zero attached hydrogens (tertiary/aromatic N) is 2. The van der Waals surface area contributed by atoms with Crippen molar-refractivity contribution in [2.24, 2.45) is 4.99 Å². The molecule has 31 heavy (non-hydrogen) atoms. The molecule has 0 radical (unpaired) electrons. The van der Waals surface area contributed by atoms with Crippen molar-refractivity contribution in [3.63, 3.8) is 0 Å². The van der Waals surface area contributed by atoms with E-state index >= 15 is 0 Å². The van der Waals surface area contributed by atoms with Gasteiger partial charge in [0.25, 0.3) is 10.0 Å². The molecule has 0 atom stereocenters. The smallest absolute Gasteiger partial charge is 0.414 e. The van der Waals surface area contributed by atoms with Gasteiger partial charge in [-0.3, -0.25) is 9.79 Å². The highest BCUT2D eigenvalue weighted by Gasteiger charge is 2.16. The number of anilines is 1. The van der Waals surface area contributed by atoms with Crippen LogP contribution in [0, 0.1) is 12.3 Å². The zero-order valence-electron chi connectivity index (χ0n) is 17.2. The van der Waals surface area contributed by atoms with Crippen LogP contribution >= 0.6 is 0 Å². The Kier molecular flexibility index (Phi) is 12.0. The first kappa shape index (κ1) is 27.4. The topological polar surface area (TPSA) is 177 Å². The summed E-state index contributed by atoms with van der Waals surface area (Å²) in [4.78, 5) is 35.4. The minimum Gasteiger partial charge on any atom is -0.473 e. The Bertz CT molecular complexity index is 923. The number of amides is 1. The fourth-order valence-corrected chi connectivity index (χ4v) is 2.73. The number of carbonyl (C=O) groups is 3. The predicted molar refractivity (Wildman–Crippen MR) is 114 cm³/mol. The van der Waals surface area contributed by atoms with Gasteiger partial charge in [-0.25, -0.2) is 22.7 Å². The summed E-state index contributed by atoms with van der Waals surface area (Å²) in [7, 11) is -0.0366. The molecule has 13 heteroatoms. The van der Waals surface area contributed by atoms with Crippen molar-refractivity contribution in [1.82, 2.24) is 14.9 Å².